The molecule has 1 rings (SSSR count). The zero-order valence-corrected chi connectivity index (χ0v) is 11.3. The molecule has 0 spiro atoms. The molecule has 0 aliphatic carbocycles. The Bertz CT molecular complexity index is 473. The fourth-order valence-corrected chi connectivity index (χ4v) is 2.93. The highest BCUT2D eigenvalue weighted by molar-refractivity contribution is 7.98. The molecule has 1 heterocycles. The van der Waals surface area contributed by atoms with Gasteiger partial charge in [-0.2, -0.15) is 13.2 Å². The molecule has 0 saturated carbocycles. The molecule has 1 unspecified atom stereocenters. The highest BCUT2D eigenvalue weighted by Gasteiger charge is 2.36. The van der Waals surface area contributed by atoms with Crippen LogP contribution in [0.25, 0.3) is 0 Å². The maximum atomic E-state index is 12.2. The number of alkyl halides is 3. The maximum absolute atomic E-state index is 12.2. The van der Waals surface area contributed by atoms with Crippen LogP contribution in [0.3, 0.4) is 0 Å². The number of halogens is 3. The topological polar surface area (TPSA) is 66.4 Å². The Morgan fingerprint density at radius 1 is 1.53 bits per heavy atom. The first-order valence-electron chi connectivity index (χ1n) is 4.96. The van der Waals surface area contributed by atoms with Gasteiger partial charge in [0.15, 0.2) is 0 Å². The van der Waals surface area contributed by atoms with Crippen molar-refractivity contribution in [1.82, 2.24) is 5.32 Å². The number of nitrogens with one attached hydrogen (secondary N) is 1. The van der Waals surface area contributed by atoms with Gasteiger partial charge in [-0.05, 0) is 17.7 Å². The second-order valence-electron chi connectivity index (χ2n) is 3.50. The monoisotopic (exact) mass is 313 g/mol. The van der Waals surface area contributed by atoms with Gasteiger partial charge in [0.25, 0.3) is 5.91 Å². The van der Waals surface area contributed by atoms with Gasteiger partial charge in [-0.15, -0.1) is 23.1 Å². The second-order valence-corrected chi connectivity index (χ2v) is 5.27. The molecule has 9 heteroatoms. The SMILES string of the molecule is CSc1ccsc1C(=O)NC(CC(F)(F)F)C(=O)O. The van der Waals surface area contributed by atoms with Gasteiger partial charge in [-0.3, -0.25) is 4.79 Å². The first-order valence-corrected chi connectivity index (χ1v) is 7.07. The number of thiophene rings is 1. The summed E-state index contributed by atoms with van der Waals surface area (Å²) in [6.07, 6.45) is -4.55. The van der Waals surface area contributed by atoms with Crippen molar-refractivity contribution in [3.63, 3.8) is 0 Å². The molecule has 2 N–H and O–H groups in total. The molecule has 0 aliphatic rings. The molecule has 1 amide bonds. The van der Waals surface area contributed by atoms with Crippen molar-refractivity contribution in [3.05, 3.63) is 16.3 Å². The van der Waals surface area contributed by atoms with Crippen LogP contribution in [0.4, 0.5) is 13.2 Å². The summed E-state index contributed by atoms with van der Waals surface area (Å²) >= 11 is 2.31. The van der Waals surface area contributed by atoms with E-state index in [1.807, 2.05) is 5.32 Å². The standard InChI is InChI=1S/C10H10F3NO3S2/c1-18-6-2-3-19-7(6)8(15)14-5(9(16)17)4-10(11,12)13/h2-3,5H,4H2,1H3,(H,14,15)(H,16,17). The number of hydrogen-bond acceptors (Lipinski definition) is 4. The number of thioether (sulfide) groups is 1. The Morgan fingerprint density at radius 2 is 2.16 bits per heavy atom. The van der Waals surface area contributed by atoms with Crippen molar-refractivity contribution >= 4 is 35.0 Å². The number of carboxylic acids is 1. The minimum absolute atomic E-state index is 0.209. The molecule has 1 aromatic heterocycles. The van der Waals surface area contributed by atoms with E-state index in [-0.39, 0.29) is 4.88 Å². The first-order chi connectivity index (χ1) is 8.74. The Labute approximate surface area is 115 Å². The predicted octanol–water partition coefficient (Wildman–Crippen LogP) is 2.61. The Morgan fingerprint density at radius 3 is 2.63 bits per heavy atom. The van der Waals surface area contributed by atoms with Gasteiger partial charge >= 0.3 is 12.1 Å². The average molecular weight is 313 g/mol. The average Bonchev–Trinajstić information content (AvgIpc) is 2.73. The lowest BCUT2D eigenvalue weighted by Crippen LogP contribution is -2.43. The Kier molecular flexibility index (Phi) is 5.24. The van der Waals surface area contributed by atoms with Crippen LogP contribution in [-0.2, 0) is 4.79 Å². The molecule has 1 aromatic rings. The molecule has 0 saturated heterocycles. The van der Waals surface area contributed by atoms with Crippen LogP contribution in [0, 0.1) is 0 Å². The summed E-state index contributed by atoms with van der Waals surface area (Å²) in [5, 5.41) is 12.2. The molecule has 0 fully saturated rings. The van der Waals surface area contributed by atoms with E-state index >= 15 is 0 Å². The first kappa shape index (κ1) is 15.8. The quantitative estimate of drug-likeness (QED) is 0.820. The zero-order chi connectivity index (χ0) is 14.6. The van der Waals surface area contributed by atoms with Crippen LogP contribution < -0.4 is 5.32 Å². The Hall–Kier alpha value is -1.22. The third-order valence-electron chi connectivity index (χ3n) is 2.09. The fraction of sp³-hybridized carbons (Fsp3) is 0.400. The summed E-state index contributed by atoms with van der Waals surface area (Å²) in [6, 6.07) is -0.339. The summed E-state index contributed by atoms with van der Waals surface area (Å²) in [6.45, 7) is 0. The number of rotatable bonds is 5. The highest BCUT2D eigenvalue weighted by atomic mass is 32.2. The van der Waals surface area contributed by atoms with Crippen LogP contribution in [-0.4, -0.2) is 35.5 Å². The lowest BCUT2D eigenvalue weighted by atomic mass is 10.2. The number of aliphatic carboxylic acids is 1. The smallest absolute Gasteiger partial charge is 0.391 e. The maximum Gasteiger partial charge on any atom is 0.391 e. The number of hydrogen-bond donors (Lipinski definition) is 2. The molecule has 106 valence electrons. The number of carbonyl (C=O) groups excluding carboxylic acids is 1. The molecule has 0 aromatic carbocycles. The van der Waals surface area contributed by atoms with E-state index in [0.29, 0.717) is 4.90 Å². The summed E-state index contributed by atoms with van der Waals surface area (Å²) in [4.78, 5) is 23.3. The van der Waals surface area contributed by atoms with E-state index < -0.39 is 30.5 Å². The minimum Gasteiger partial charge on any atom is -0.480 e. The third-order valence-corrected chi connectivity index (χ3v) is 3.92. The highest BCUT2D eigenvalue weighted by Crippen LogP contribution is 2.26. The number of carboxylic acid groups (broad SMARTS) is 1. The predicted molar refractivity (Wildman–Crippen MR) is 65.7 cm³/mol. The van der Waals surface area contributed by atoms with E-state index in [1.54, 1.807) is 17.7 Å². The van der Waals surface area contributed by atoms with Gasteiger partial charge in [0.2, 0.25) is 0 Å². The van der Waals surface area contributed by atoms with Gasteiger partial charge in [0.05, 0.1) is 6.42 Å². The third kappa shape index (κ3) is 4.75. The molecular weight excluding hydrogens is 303 g/mol. The van der Waals surface area contributed by atoms with Gasteiger partial charge in [0.1, 0.15) is 10.9 Å². The van der Waals surface area contributed by atoms with E-state index in [2.05, 4.69) is 0 Å². The van der Waals surface area contributed by atoms with Crippen molar-refractivity contribution in [2.45, 2.75) is 23.5 Å². The molecule has 0 radical (unpaired) electrons. The second kappa shape index (κ2) is 6.29. The minimum atomic E-state index is -4.66. The van der Waals surface area contributed by atoms with Crippen LogP contribution >= 0.6 is 23.1 Å². The van der Waals surface area contributed by atoms with Crippen molar-refractivity contribution in [2.75, 3.05) is 6.26 Å². The van der Waals surface area contributed by atoms with Crippen LogP contribution in [0.15, 0.2) is 16.3 Å². The molecule has 4 nitrogen and oxygen atoms in total. The largest absolute Gasteiger partial charge is 0.480 e. The van der Waals surface area contributed by atoms with Gasteiger partial charge in [-0.1, -0.05) is 0 Å². The number of carbonyl (C=O) groups is 2. The van der Waals surface area contributed by atoms with Crippen molar-refractivity contribution in [2.24, 2.45) is 0 Å². The van der Waals surface area contributed by atoms with Crippen LogP contribution in [0.2, 0.25) is 0 Å². The number of amides is 1. The molecule has 0 bridgehead atoms. The summed E-state index contributed by atoms with van der Waals surface area (Å²) < 4.78 is 36.6. The van der Waals surface area contributed by atoms with Crippen molar-refractivity contribution in [3.8, 4) is 0 Å². The summed E-state index contributed by atoms with van der Waals surface area (Å²) in [7, 11) is 0. The lowest BCUT2D eigenvalue weighted by Gasteiger charge is -2.16. The Balaban J connectivity index is 2.80. The van der Waals surface area contributed by atoms with Crippen molar-refractivity contribution < 1.29 is 27.9 Å². The molecule has 19 heavy (non-hydrogen) atoms. The lowest BCUT2D eigenvalue weighted by molar-refractivity contribution is -0.157. The van der Waals surface area contributed by atoms with E-state index in [9.17, 15) is 22.8 Å². The summed E-state index contributed by atoms with van der Waals surface area (Å²) in [5.74, 6) is -2.52. The molecule has 1 atom stereocenters. The van der Waals surface area contributed by atoms with Crippen molar-refractivity contribution in [1.29, 1.82) is 0 Å². The normalized spacial score (nSPS) is 13.1. The zero-order valence-electron chi connectivity index (χ0n) is 9.65. The van der Waals surface area contributed by atoms with E-state index in [1.165, 1.54) is 11.8 Å². The van der Waals surface area contributed by atoms with Gasteiger partial charge in [0, 0.05) is 4.90 Å². The fourth-order valence-electron chi connectivity index (χ4n) is 1.28. The van der Waals surface area contributed by atoms with E-state index in [4.69, 9.17) is 5.11 Å². The van der Waals surface area contributed by atoms with E-state index in [0.717, 1.165) is 11.3 Å². The molecular formula is C10H10F3NO3S2. The van der Waals surface area contributed by atoms with Crippen LogP contribution in [0.5, 0.6) is 0 Å². The molecule has 0 aliphatic heterocycles. The van der Waals surface area contributed by atoms with Crippen LogP contribution in [0.1, 0.15) is 16.1 Å². The van der Waals surface area contributed by atoms with Gasteiger partial charge < -0.3 is 10.4 Å². The summed E-state index contributed by atoms with van der Waals surface area (Å²) in [5.41, 5.74) is 0. The van der Waals surface area contributed by atoms with Gasteiger partial charge in [-0.25, -0.2) is 4.79 Å².